The molecule has 3 heterocycles. The molecule has 1 aromatic carbocycles. The molecule has 1 amide bonds. The lowest BCUT2D eigenvalue weighted by atomic mass is 10.1. The summed E-state index contributed by atoms with van der Waals surface area (Å²) in [5.41, 5.74) is 2.83. The van der Waals surface area contributed by atoms with Gasteiger partial charge in [-0.2, -0.15) is 5.10 Å². The number of nitrogens with zero attached hydrogens (tertiary/aromatic N) is 6. The van der Waals surface area contributed by atoms with Gasteiger partial charge in [0.1, 0.15) is 17.8 Å². The van der Waals surface area contributed by atoms with E-state index >= 15 is 0 Å². The van der Waals surface area contributed by atoms with E-state index in [0.29, 0.717) is 28.8 Å². The topological polar surface area (TPSA) is 107 Å². The van der Waals surface area contributed by atoms with Crippen LogP contribution >= 0.6 is 0 Å². The second kappa shape index (κ2) is 6.45. The van der Waals surface area contributed by atoms with Crippen LogP contribution in [0.1, 0.15) is 48.9 Å². The maximum Gasteiger partial charge on any atom is 0.231 e. The molecule has 0 unspecified atom stereocenters. The van der Waals surface area contributed by atoms with Crippen LogP contribution in [0, 0.1) is 0 Å². The van der Waals surface area contributed by atoms with Crippen LogP contribution in [0.4, 0.5) is 5.82 Å². The lowest BCUT2D eigenvalue weighted by Crippen LogP contribution is -2.25. The summed E-state index contributed by atoms with van der Waals surface area (Å²) in [6.07, 6.45) is 9.09. The van der Waals surface area contributed by atoms with Gasteiger partial charge in [0, 0.05) is 5.39 Å². The number of anilines is 1. The van der Waals surface area contributed by atoms with Crippen LogP contribution in [0.2, 0.25) is 0 Å². The fourth-order valence-electron chi connectivity index (χ4n) is 3.84. The van der Waals surface area contributed by atoms with E-state index in [0.717, 1.165) is 18.4 Å². The Labute approximate surface area is 170 Å². The van der Waals surface area contributed by atoms with Crippen molar-refractivity contribution in [1.82, 2.24) is 29.4 Å². The Kier molecular flexibility index (Phi) is 3.71. The molecule has 0 saturated heterocycles. The minimum atomic E-state index is -0.337. The number of rotatable bonds is 5. The molecule has 9 nitrogen and oxygen atoms in total. The maximum absolute atomic E-state index is 13.1. The van der Waals surface area contributed by atoms with Crippen molar-refractivity contribution >= 4 is 28.3 Å². The summed E-state index contributed by atoms with van der Waals surface area (Å²) < 4.78 is 3.61. The van der Waals surface area contributed by atoms with Gasteiger partial charge in [-0.25, -0.2) is 4.98 Å². The number of amides is 1. The highest BCUT2D eigenvalue weighted by atomic mass is 16.2. The molecule has 0 aliphatic heterocycles. The van der Waals surface area contributed by atoms with Crippen LogP contribution in [0.15, 0.2) is 41.7 Å². The summed E-state index contributed by atoms with van der Waals surface area (Å²) >= 11 is 0. The first-order valence-electron chi connectivity index (χ1n) is 10.2. The van der Waals surface area contributed by atoms with E-state index in [2.05, 4.69) is 31.7 Å². The molecule has 9 heteroatoms. The van der Waals surface area contributed by atoms with Crippen LogP contribution in [-0.4, -0.2) is 35.3 Å². The second-order valence-electron chi connectivity index (χ2n) is 8.10. The van der Waals surface area contributed by atoms with Crippen molar-refractivity contribution in [2.24, 2.45) is 0 Å². The van der Waals surface area contributed by atoms with Gasteiger partial charge in [-0.15, -0.1) is 10.2 Å². The maximum atomic E-state index is 13.1. The predicted molar refractivity (Wildman–Crippen MR) is 109 cm³/mol. The van der Waals surface area contributed by atoms with Crippen LogP contribution in [0.25, 0.3) is 16.6 Å². The van der Waals surface area contributed by atoms with E-state index in [1.165, 1.54) is 30.9 Å². The Bertz CT molecular complexity index is 1370. The minimum Gasteiger partial charge on any atom is -0.309 e. The Hall–Kier alpha value is -3.62. The van der Waals surface area contributed by atoms with Crippen LogP contribution in [0.3, 0.4) is 0 Å². The Morgan fingerprint density at radius 1 is 1.20 bits per heavy atom. The third kappa shape index (κ3) is 3.02. The number of benzene rings is 1. The zero-order valence-corrected chi connectivity index (χ0v) is 16.2. The van der Waals surface area contributed by atoms with Crippen molar-refractivity contribution in [2.45, 2.75) is 44.1 Å². The molecular formula is C21H19N7O2. The first-order valence-corrected chi connectivity index (χ1v) is 10.2. The zero-order chi connectivity index (χ0) is 20.2. The van der Waals surface area contributed by atoms with E-state index in [9.17, 15) is 9.59 Å². The third-order valence-electron chi connectivity index (χ3n) is 5.72. The van der Waals surface area contributed by atoms with Gasteiger partial charge in [0.15, 0.2) is 5.65 Å². The average molecular weight is 401 g/mol. The van der Waals surface area contributed by atoms with Crippen molar-refractivity contribution in [3.63, 3.8) is 0 Å². The second-order valence-corrected chi connectivity index (χ2v) is 8.10. The van der Waals surface area contributed by atoms with E-state index in [1.54, 1.807) is 10.6 Å². The summed E-state index contributed by atoms with van der Waals surface area (Å²) in [6, 6.07) is 6.36. The monoisotopic (exact) mass is 401 g/mol. The smallest absolute Gasteiger partial charge is 0.231 e. The SMILES string of the molecule is O=C(Cc1nn(C2CC2)c2cc(C3CC3)ccc2c1=O)Nc1cn2cnnc2cn1. The molecule has 2 aliphatic carbocycles. The number of hydrogen-bond acceptors (Lipinski definition) is 6. The molecule has 0 bridgehead atoms. The van der Waals surface area contributed by atoms with Crippen LogP contribution in [0.5, 0.6) is 0 Å². The molecule has 2 fully saturated rings. The number of carbonyl (C=O) groups is 1. The molecule has 4 aromatic rings. The van der Waals surface area contributed by atoms with Gasteiger partial charge < -0.3 is 5.32 Å². The fraction of sp³-hybridized carbons (Fsp3) is 0.333. The summed E-state index contributed by atoms with van der Waals surface area (Å²) in [5, 5.41) is 15.6. The van der Waals surface area contributed by atoms with Gasteiger partial charge in [-0.1, -0.05) is 6.07 Å². The molecule has 30 heavy (non-hydrogen) atoms. The van der Waals surface area contributed by atoms with Gasteiger partial charge in [-0.3, -0.25) is 18.7 Å². The van der Waals surface area contributed by atoms with Gasteiger partial charge in [0.25, 0.3) is 0 Å². The number of fused-ring (bicyclic) bond motifs is 2. The van der Waals surface area contributed by atoms with Crippen LogP contribution < -0.4 is 10.7 Å². The molecule has 150 valence electrons. The molecule has 2 aliphatic rings. The minimum absolute atomic E-state index is 0.103. The lowest BCUT2D eigenvalue weighted by Gasteiger charge is -2.12. The van der Waals surface area contributed by atoms with E-state index < -0.39 is 0 Å². The Balaban J connectivity index is 1.32. The summed E-state index contributed by atoms with van der Waals surface area (Å²) in [7, 11) is 0. The summed E-state index contributed by atoms with van der Waals surface area (Å²) in [5.74, 6) is 0.638. The van der Waals surface area contributed by atoms with Crippen molar-refractivity contribution in [2.75, 3.05) is 5.32 Å². The zero-order valence-electron chi connectivity index (χ0n) is 16.2. The number of carbonyl (C=O) groups excluding carboxylic acids is 1. The molecule has 0 atom stereocenters. The molecule has 1 N–H and O–H groups in total. The third-order valence-corrected chi connectivity index (χ3v) is 5.72. The van der Waals surface area contributed by atoms with Gasteiger partial charge in [0.2, 0.25) is 11.3 Å². The molecule has 0 spiro atoms. The fourth-order valence-corrected chi connectivity index (χ4v) is 3.84. The lowest BCUT2D eigenvalue weighted by molar-refractivity contribution is -0.115. The average Bonchev–Trinajstić information content (AvgIpc) is 3.67. The largest absolute Gasteiger partial charge is 0.309 e. The number of nitrogens with one attached hydrogen (secondary N) is 1. The summed E-state index contributed by atoms with van der Waals surface area (Å²) in [4.78, 5) is 29.8. The van der Waals surface area contributed by atoms with Crippen LogP contribution in [-0.2, 0) is 11.2 Å². The van der Waals surface area contributed by atoms with E-state index in [-0.39, 0.29) is 23.5 Å². The predicted octanol–water partition coefficient (Wildman–Crippen LogP) is 2.23. The highest BCUT2D eigenvalue weighted by Gasteiger charge is 2.29. The highest BCUT2D eigenvalue weighted by Crippen LogP contribution is 2.42. The van der Waals surface area contributed by atoms with Gasteiger partial charge in [0.05, 0.1) is 30.4 Å². The quantitative estimate of drug-likeness (QED) is 0.550. The Morgan fingerprint density at radius 3 is 2.87 bits per heavy atom. The first kappa shape index (κ1) is 17.3. The van der Waals surface area contributed by atoms with Crippen molar-refractivity contribution in [3.8, 4) is 0 Å². The van der Waals surface area contributed by atoms with Crippen molar-refractivity contribution in [1.29, 1.82) is 0 Å². The van der Waals surface area contributed by atoms with Gasteiger partial charge in [-0.05, 0) is 49.3 Å². The number of hydrogen-bond donors (Lipinski definition) is 1. The molecule has 3 aromatic heterocycles. The standard InChI is InChI=1S/C21H19N7O2/c29-20(24-18-10-27-11-23-25-19(27)9-22-18)8-16-21(30)15-6-3-13(12-1-2-12)7-17(15)28(26-16)14-4-5-14/h3,6-7,9-12,14H,1-2,4-5,8H2,(H,24,29). The number of aromatic nitrogens is 6. The first-order chi connectivity index (χ1) is 14.7. The van der Waals surface area contributed by atoms with E-state index in [4.69, 9.17) is 0 Å². The molecule has 0 radical (unpaired) electrons. The summed E-state index contributed by atoms with van der Waals surface area (Å²) in [6.45, 7) is 0. The van der Waals surface area contributed by atoms with Gasteiger partial charge >= 0.3 is 0 Å². The van der Waals surface area contributed by atoms with E-state index in [1.807, 2.05) is 16.8 Å². The van der Waals surface area contributed by atoms with Crippen molar-refractivity contribution < 1.29 is 4.79 Å². The van der Waals surface area contributed by atoms with Crippen molar-refractivity contribution in [3.05, 3.63) is 58.4 Å². The molecule has 6 rings (SSSR count). The Morgan fingerprint density at radius 2 is 2.07 bits per heavy atom. The molecule has 2 saturated carbocycles. The normalized spacial score (nSPS) is 16.3. The molecular weight excluding hydrogens is 382 g/mol. The highest BCUT2D eigenvalue weighted by molar-refractivity contribution is 5.91.